The molecular weight excluding hydrogens is 442 g/mol. The SMILES string of the molecule is COc1cc(NC(=O)C(=O)NC(C)(C)CCOc2ccc3c(c2)OCO3)ccc1-c1cnco1. The fourth-order valence-corrected chi connectivity index (χ4v) is 3.33. The second-order valence-corrected chi connectivity index (χ2v) is 8.19. The molecule has 1 aliphatic heterocycles. The van der Waals surface area contributed by atoms with Gasteiger partial charge < -0.3 is 34.0 Å². The third-order valence-corrected chi connectivity index (χ3v) is 5.16. The Morgan fingerprint density at radius 2 is 1.91 bits per heavy atom. The summed E-state index contributed by atoms with van der Waals surface area (Å²) in [5.41, 5.74) is 0.397. The molecule has 2 N–H and O–H groups in total. The Bertz CT molecular complexity index is 1180. The summed E-state index contributed by atoms with van der Waals surface area (Å²) in [6.45, 7) is 4.15. The Morgan fingerprint density at radius 1 is 1.09 bits per heavy atom. The number of ether oxygens (including phenoxy) is 4. The molecular formula is C24H25N3O7. The molecule has 34 heavy (non-hydrogen) atoms. The van der Waals surface area contributed by atoms with Gasteiger partial charge in [0.15, 0.2) is 23.7 Å². The van der Waals surface area contributed by atoms with Crippen LogP contribution in [0, 0.1) is 0 Å². The zero-order valence-electron chi connectivity index (χ0n) is 19.0. The number of fused-ring (bicyclic) bond motifs is 1. The van der Waals surface area contributed by atoms with Crippen LogP contribution in [0.3, 0.4) is 0 Å². The maximum Gasteiger partial charge on any atom is 0.313 e. The second-order valence-electron chi connectivity index (χ2n) is 8.19. The highest BCUT2D eigenvalue weighted by molar-refractivity contribution is 6.39. The molecule has 0 atom stereocenters. The lowest BCUT2D eigenvalue weighted by molar-refractivity contribution is -0.137. The summed E-state index contributed by atoms with van der Waals surface area (Å²) in [7, 11) is 1.50. The van der Waals surface area contributed by atoms with Gasteiger partial charge in [-0.25, -0.2) is 4.98 Å². The largest absolute Gasteiger partial charge is 0.496 e. The van der Waals surface area contributed by atoms with E-state index < -0.39 is 17.4 Å². The molecule has 10 nitrogen and oxygen atoms in total. The van der Waals surface area contributed by atoms with E-state index in [1.54, 1.807) is 42.6 Å². The number of carbonyl (C=O) groups is 2. The Balaban J connectivity index is 1.29. The van der Waals surface area contributed by atoms with Gasteiger partial charge >= 0.3 is 11.8 Å². The van der Waals surface area contributed by atoms with Crippen molar-refractivity contribution in [3.63, 3.8) is 0 Å². The van der Waals surface area contributed by atoms with Crippen molar-refractivity contribution in [1.29, 1.82) is 0 Å². The highest BCUT2D eigenvalue weighted by atomic mass is 16.7. The van der Waals surface area contributed by atoms with E-state index in [0.717, 1.165) is 0 Å². The summed E-state index contributed by atoms with van der Waals surface area (Å²) < 4.78 is 27.0. The van der Waals surface area contributed by atoms with Gasteiger partial charge in [-0.2, -0.15) is 0 Å². The number of benzene rings is 2. The molecule has 178 valence electrons. The Labute approximate surface area is 196 Å². The van der Waals surface area contributed by atoms with Crippen molar-refractivity contribution in [2.45, 2.75) is 25.8 Å². The van der Waals surface area contributed by atoms with Crippen LogP contribution in [0.2, 0.25) is 0 Å². The van der Waals surface area contributed by atoms with Gasteiger partial charge in [-0.1, -0.05) is 0 Å². The zero-order valence-corrected chi connectivity index (χ0v) is 19.0. The number of anilines is 1. The van der Waals surface area contributed by atoms with E-state index in [1.165, 1.54) is 13.5 Å². The minimum atomic E-state index is -0.792. The molecule has 0 aliphatic carbocycles. The number of methoxy groups -OCH3 is 1. The van der Waals surface area contributed by atoms with Gasteiger partial charge in [0.05, 0.1) is 25.5 Å². The number of amides is 2. The Kier molecular flexibility index (Phi) is 6.58. The average Bonchev–Trinajstić information content (AvgIpc) is 3.50. The molecule has 2 amide bonds. The minimum Gasteiger partial charge on any atom is -0.496 e. The molecule has 0 saturated heterocycles. The third kappa shape index (κ3) is 5.40. The lowest BCUT2D eigenvalue weighted by Gasteiger charge is -2.26. The molecule has 3 aromatic rings. The lowest BCUT2D eigenvalue weighted by atomic mass is 10.0. The maximum absolute atomic E-state index is 12.5. The molecule has 1 aliphatic rings. The summed E-state index contributed by atoms with van der Waals surface area (Å²) >= 11 is 0. The van der Waals surface area contributed by atoms with Crippen LogP contribution in [0.4, 0.5) is 5.69 Å². The monoisotopic (exact) mass is 467 g/mol. The van der Waals surface area contributed by atoms with Crippen molar-refractivity contribution in [3.05, 3.63) is 49.0 Å². The van der Waals surface area contributed by atoms with Gasteiger partial charge in [-0.05, 0) is 38.1 Å². The molecule has 10 heteroatoms. The summed E-state index contributed by atoms with van der Waals surface area (Å²) in [4.78, 5) is 28.8. The summed E-state index contributed by atoms with van der Waals surface area (Å²) in [6.07, 6.45) is 3.35. The van der Waals surface area contributed by atoms with E-state index in [0.29, 0.717) is 53.0 Å². The molecule has 0 unspecified atom stereocenters. The molecule has 0 bridgehead atoms. The summed E-state index contributed by atoms with van der Waals surface area (Å²) in [5, 5.41) is 5.32. The van der Waals surface area contributed by atoms with Crippen LogP contribution in [0.5, 0.6) is 23.0 Å². The van der Waals surface area contributed by atoms with E-state index >= 15 is 0 Å². The molecule has 4 rings (SSSR count). The smallest absolute Gasteiger partial charge is 0.313 e. The predicted octanol–water partition coefficient (Wildman–Crippen LogP) is 3.38. The number of hydrogen-bond acceptors (Lipinski definition) is 8. The van der Waals surface area contributed by atoms with Crippen molar-refractivity contribution in [2.75, 3.05) is 25.8 Å². The van der Waals surface area contributed by atoms with Crippen molar-refractivity contribution >= 4 is 17.5 Å². The van der Waals surface area contributed by atoms with Crippen LogP contribution in [0.25, 0.3) is 11.3 Å². The van der Waals surface area contributed by atoms with Gasteiger partial charge in [0, 0.05) is 29.8 Å². The highest BCUT2D eigenvalue weighted by Crippen LogP contribution is 2.35. The molecule has 2 heterocycles. The second kappa shape index (κ2) is 9.74. The fraction of sp³-hybridized carbons (Fsp3) is 0.292. The van der Waals surface area contributed by atoms with E-state index in [9.17, 15) is 9.59 Å². The van der Waals surface area contributed by atoms with E-state index in [4.69, 9.17) is 23.4 Å². The Hall–Kier alpha value is -4.21. The molecule has 0 spiro atoms. The number of carbonyl (C=O) groups excluding carboxylic acids is 2. The first-order chi connectivity index (χ1) is 16.3. The number of hydrogen-bond donors (Lipinski definition) is 2. The van der Waals surface area contributed by atoms with Crippen LogP contribution >= 0.6 is 0 Å². The van der Waals surface area contributed by atoms with Crippen molar-refractivity contribution in [2.24, 2.45) is 0 Å². The lowest BCUT2D eigenvalue weighted by Crippen LogP contribution is -2.48. The molecule has 0 saturated carbocycles. The van der Waals surface area contributed by atoms with Crippen LogP contribution < -0.4 is 29.6 Å². The number of nitrogens with zero attached hydrogens (tertiary/aromatic N) is 1. The van der Waals surface area contributed by atoms with Crippen molar-refractivity contribution in [1.82, 2.24) is 10.3 Å². The normalized spacial score (nSPS) is 12.2. The van der Waals surface area contributed by atoms with E-state index in [-0.39, 0.29) is 6.79 Å². The number of rotatable bonds is 8. The number of nitrogens with one attached hydrogen (secondary N) is 2. The van der Waals surface area contributed by atoms with Crippen molar-refractivity contribution < 1.29 is 33.0 Å². The standard InChI is InChI=1S/C24H25N3O7/c1-24(2,8-9-31-16-5-7-18-20(11-16)34-14-33-18)27-23(29)22(28)26-15-4-6-17(19(10-15)30-3)21-12-25-13-32-21/h4-7,10-13H,8-9,14H2,1-3H3,(H,26,28)(H,27,29). The molecule has 0 radical (unpaired) electrons. The highest BCUT2D eigenvalue weighted by Gasteiger charge is 2.25. The van der Waals surface area contributed by atoms with Crippen LogP contribution in [0.15, 0.2) is 53.4 Å². The number of oxazole rings is 1. The molecule has 0 fully saturated rings. The van der Waals surface area contributed by atoms with Gasteiger partial charge in [0.25, 0.3) is 0 Å². The van der Waals surface area contributed by atoms with Crippen LogP contribution in [-0.2, 0) is 9.59 Å². The molecule has 1 aromatic heterocycles. The van der Waals surface area contributed by atoms with Gasteiger partial charge in [0.2, 0.25) is 6.79 Å². The van der Waals surface area contributed by atoms with E-state index in [1.807, 2.05) is 13.8 Å². The fourth-order valence-electron chi connectivity index (χ4n) is 3.33. The third-order valence-electron chi connectivity index (χ3n) is 5.16. The summed E-state index contributed by atoms with van der Waals surface area (Å²) in [6, 6.07) is 10.3. The van der Waals surface area contributed by atoms with Crippen LogP contribution in [0.1, 0.15) is 20.3 Å². The van der Waals surface area contributed by atoms with Gasteiger partial charge in [0.1, 0.15) is 11.5 Å². The Morgan fingerprint density at radius 3 is 2.68 bits per heavy atom. The molecule has 2 aromatic carbocycles. The first-order valence-electron chi connectivity index (χ1n) is 10.6. The topological polar surface area (TPSA) is 121 Å². The van der Waals surface area contributed by atoms with Gasteiger partial charge in [-0.15, -0.1) is 0 Å². The van der Waals surface area contributed by atoms with Crippen LogP contribution in [-0.4, -0.2) is 42.8 Å². The van der Waals surface area contributed by atoms with Crippen molar-refractivity contribution in [3.8, 4) is 34.3 Å². The minimum absolute atomic E-state index is 0.193. The van der Waals surface area contributed by atoms with E-state index in [2.05, 4.69) is 15.6 Å². The first-order valence-corrected chi connectivity index (χ1v) is 10.6. The zero-order chi connectivity index (χ0) is 24.1. The average molecular weight is 467 g/mol. The van der Waals surface area contributed by atoms with Gasteiger partial charge in [-0.3, -0.25) is 9.59 Å². The maximum atomic E-state index is 12.5. The predicted molar refractivity (Wildman–Crippen MR) is 122 cm³/mol. The summed E-state index contributed by atoms with van der Waals surface area (Å²) in [5.74, 6) is 1.38. The number of aromatic nitrogens is 1. The first kappa shape index (κ1) is 23.0. The quantitative estimate of drug-likeness (QED) is 0.484.